The molecule has 3 nitrogen and oxygen atoms in total. The number of ether oxygens (including phenoxy) is 1. The van der Waals surface area contributed by atoms with Gasteiger partial charge in [0.25, 0.3) is 0 Å². The van der Waals surface area contributed by atoms with Crippen LogP contribution < -0.4 is 5.32 Å². The number of benzene rings is 2. The van der Waals surface area contributed by atoms with E-state index in [9.17, 15) is 5.11 Å². The number of nitrogens with one attached hydrogen (secondary N) is 1. The largest absolute Gasteiger partial charge is 0.508 e. The number of aryl methyl sites for hydroxylation is 1. The lowest BCUT2D eigenvalue weighted by atomic mass is 10.1. The third-order valence-electron chi connectivity index (χ3n) is 3.52. The molecule has 0 bridgehead atoms. The molecule has 2 rings (SSSR count). The van der Waals surface area contributed by atoms with Gasteiger partial charge in [-0.1, -0.05) is 30.3 Å². The van der Waals surface area contributed by atoms with E-state index >= 15 is 0 Å². The molecule has 0 spiro atoms. The van der Waals surface area contributed by atoms with Crippen LogP contribution in [0.2, 0.25) is 0 Å². The van der Waals surface area contributed by atoms with Crippen molar-refractivity contribution < 1.29 is 9.84 Å². The Hall–Kier alpha value is -2.00. The number of phenolic OH excluding ortho intramolecular Hbond substituents is 1. The molecule has 0 amide bonds. The Morgan fingerprint density at radius 1 is 1.10 bits per heavy atom. The van der Waals surface area contributed by atoms with Crippen LogP contribution in [-0.2, 0) is 17.8 Å². The smallest absolute Gasteiger partial charge is 0.115 e. The Kier molecular flexibility index (Phi) is 5.64. The van der Waals surface area contributed by atoms with Crippen LogP contribution in [0.1, 0.15) is 24.5 Å². The molecule has 0 aromatic heterocycles. The van der Waals surface area contributed by atoms with Crippen molar-refractivity contribution in [2.24, 2.45) is 0 Å². The second-order valence-electron chi connectivity index (χ2n) is 5.34. The quantitative estimate of drug-likeness (QED) is 0.808. The summed E-state index contributed by atoms with van der Waals surface area (Å²) < 4.78 is 5.23. The van der Waals surface area contributed by atoms with Crippen molar-refractivity contribution in [3.63, 3.8) is 0 Å². The van der Waals surface area contributed by atoms with Gasteiger partial charge in [-0.05, 0) is 43.5 Å². The van der Waals surface area contributed by atoms with Gasteiger partial charge in [0.05, 0.1) is 6.61 Å². The van der Waals surface area contributed by atoms with Crippen molar-refractivity contribution in [3.8, 4) is 5.75 Å². The SMILES string of the molecule is COCc1ccccc1NC(C)CCc1ccc(O)cc1. The van der Waals surface area contributed by atoms with Crippen LogP contribution in [0.15, 0.2) is 48.5 Å². The Labute approximate surface area is 126 Å². The standard InChI is InChI=1S/C18H23NO2/c1-14(7-8-15-9-11-17(20)12-10-15)19-18-6-4-3-5-16(18)13-21-2/h3-6,9-12,14,19-20H,7-8,13H2,1-2H3. The fourth-order valence-electron chi connectivity index (χ4n) is 2.33. The maximum absolute atomic E-state index is 9.29. The van der Waals surface area contributed by atoms with E-state index in [4.69, 9.17) is 4.74 Å². The highest BCUT2D eigenvalue weighted by Gasteiger charge is 2.06. The number of methoxy groups -OCH3 is 1. The third-order valence-corrected chi connectivity index (χ3v) is 3.52. The molecule has 1 unspecified atom stereocenters. The summed E-state index contributed by atoms with van der Waals surface area (Å²) >= 11 is 0. The van der Waals surface area contributed by atoms with Gasteiger partial charge < -0.3 is 15.2 Å². The molecule has 3 heteroatoms. The minimum atomic E-state index is 0.318. The normalized spacial score (nSPS) is 12.1. The first kappa shape index (κ1) is 15.4. The number of aromatic hydroxyl groups is 1. The van der Waals surface area contributed by atoms with Gasteiger partial charge in [0.2, 0.25) is 0 Å². The van der Waals surface area contributed by atoms with Crippen LogP contribution in [0.3, 0.4) is 0 Å². The third kappa shape index (κ3) is 4.80. The molecule has 0 aliphatic rings. The molecule has 1 atom stereocenters. The summed E-state index contributed by atoms with van der Waals surface area (Å²) in [6.07, 6.45) is 2.02. The van der Waals surface area contributed by atoms with E-state index < -0.39 is 0 Å². The minimum absolute atomic E-state index is 0.318. The van der Waals surface area contributed by atoms with Crippen molar-refractivity contribution >= 4 is 5.69 Å². The summed E-state index contributed by atoms with van der Waals surface area (Å²) in [6, 6.07) is 16.0. The van der Waals surface area contributed by atoms with Crippen LogP contribution in [0.25, 0.3) is 0 Å². The number of rotatable bonds is 7. The molecule has 21 heavy (non-hydrogen) atoms. The van der Waals surface area contributed by atoms with Crippen LogP contribution >= 0.6 is 0 Å². The number of hydrogen-bond donors (Lipinski definition) is 2. The molecule has 0 heterocycles. The van der Waals surface area contributed by atoms with Crippen molar-refractivity contribution in [2.45, 2.75) is 32.4 Å². The second kappa shape index (κ2) is 7.70. The van der Waals surface area contributed by atoms with Crippen molar-refractivity contribution in [1.82, 2.24) is 0 Å². The first-order chi connectivity index (χ1) is 10.2. The first-order valence-corrected chi connectivity index (χ1v) is 7.30. The highest BCUT2D eigenvalue weighted by atomic mass is 16.5. The molecule has 0 aliphatic heterocycles. The van der Waals surface area contributed by atoms with Gasteiger partial charge in [-0.25, -0.2) is 0 Å². The Bertz CT molecular complexity index is 551. The van der Waals surface area contributed by atoms with Gasteiger partial charge in [0.15, 0.2) is 0 Å². The molecule has 0 fully saturated rings. The molecular weight excluding hydrogens is 262 g/mol. The molecular formula is C18H23NO2. The maximum atomic E-state index is 9.29. The fraction of sp³-hybridized carbons (Fsp3) is 0.333. The van der Waals surface area contributed by atoms with Crippen molar-refractivity contribution in [1.29, 1.82) is 0 Å². The van der Waals surface area contributed by atoms with Gasteiger partial charge >= 0.3 is 0 Å². The highest BCUT2D eigenvalue weighted by Crippen LogP contribution is 2.18. The summed E-state index contributed by atoms with van der Waals surface area (Å²) in [7, 11) is 1.71. The molecule has 2 N–H and O–H groups in total. The molecule has 0 aliphatic carbocycles. The van der Waals surface area contributed by atoms with E-state index in [0.717, 1.165) is 18.5 Å². The molecule has 0 saturated carbocycles. The summed E-state index contributed by atoms with van der Waals surface area (Å²) in [5, 5.41) is 12.8. The van der Waals surface area contributed by atoms with Gasteiger partial charge in [-0.3, -0.25) is 0 Å². The Balaban J connectivity index is 1.89. The van der Waals surface area contributed by atoms with Crippen molar-refractivity contribution in [2.75, 3.05) is 12.4 Å². The zero-order chi connectivity index (χ0) is 15.1. The monoisotopic (exact) mass is 285 g/mol. The van der Waals surface area contributed by atoms with Gasteiger partial charge in [-0.15, -0.1) is 0 Å². The molecule has 2 aromatic rings. The van der Waals surface area contributed by atoms with E-state index in [1.54, 1.807) is 19.2 Å². The number of para-hydroxylation sites is 1. The van der Waals surface area contributed by atoms with Crippen LogP contribution in [-0.4, -0.2) is 18.3 Å². The number of hydrogen-bond acceptors (Lipinski definition) is 3. The Morgan fingerprint density at radius 2 is 1.81 bits per heavy atom. The first-order valence-electron chi connectivity index (χ1n) is 7.30. The molecule has 2 aromatic carbocycles. The second-order valence-corrected chi connectivity index (χ2v) is 5.34. The van der Waals surface area contributed by atoms with E-state index in [1.807, 2.05) is 24.3 Å². The summed E-state index contributed by atoms with van der Waals surface area (Å²) in [5.74, 6) is 0.318. The summed E-state index contributed by atoms with van der Waals surface area (Å²) in [5.41, 5.74) is 3.56. The van der Waals surface area contributed by atoms with Gasteiger partial charge in [0.1, 0.15) is 5.75 Å². The van der Waals surface area contributed by atoms with E-state index in [0.29, 0.717) is 18.4 Å². The zero-order valence-corrected chi connectivity index (χ0v) is 12.7. The lowest BCUT2D eigenvalue weighted by Crippen LogP contribution is -2.17. The summed E-state index contributed by atoms with van der Waals surface area (Å²) in [4.78, 5) is 0. The predicted molar refractivity (Wildman–Crippen MR) is 86.7 cm³/mol. The maximum Gasteiger partial charge on any atom is 0.115 e. The fourth-order valence-corrected chi connectivity index (χ4v) is 2.33. The highest BCUT2D eigenvalue weighted by molar-refractivity contribution is 5.51. The number of anilines is 1. The molecule has 0 saturated heterocycles. The average molecular weight is 285 g/mol. The summed E-state index contributed by atoms with van der Waals surface area (Å²) in [6.45, 7) is 2.80. The van der Waals surface area contributed by atoms with Gasteiger partial charge in [0, 0.05) is 24.4 Å². The minimum Gasteiger partial charge on any atom is -0.508 e. The van der Waals surface area contributed by atoms with E-state index in [1.165, 1.54) is 11.1 Å². The van der Waals surface area contributed by atoms with Gasteiger partial charge in [-0.2, -0.15) is 0 Å². The lowest BCUT2D eigenvalue weighted by molar-refractivity contribution is 0.185. The topological polar surface area (TPSA) is 41.5 Å². The zero-order valence-electron chi connectivity index (χ0n) is 12.7. The van der Waals surface area contributed by atoms with Crippen LogP contribution in [0.4, 0.5) is 5.69 Å². The van der Waals surface area contributed by atoms with Crippen LogP contribution in [0.5, 0.6) is 5.75 Å². The Morgan fingerprint density at radius 3 is 2.52 bits per heavy atom. The number of phenols is 1. The van der Waals surface area contributed by atoms with Crippen LogP contribution in [0, 0.1) is 0 Å². The van der Waals surface area contributed by atoms with Crippen molar-refractivity contribution in [3.05, 3.63) is 59.7 Å². The lowest BCUT2D eigenvalue weighted by Gasteiger charge is -2.18. The molecule has 112 valence electrons. The molecule has 0 radical (unpaired) electrons. The average Bonchev–Trinajstić information content (AvgIpc) is 2.49. The predicted octanol–water partition coefficient (Wildman–Crippen LogP) is 3.97. The van der Waals surface area contributed by atoms with E-state index in [-0.39, 0.29) is 0 Å². The van der Waals surface area contributed by atoms with E-state index in [2.05, 4.69) is 24.4 Å².